The van der Waals surface area contributed by atoms with Crippen LogP contribution in [0, 0.1) is 0 Å². The molecule has 0 radical (unpaired) electrons. The summed E-state index contributed by atoms with van der Waals surface area (Å²) in [6.45, 7) is -2.85. The van der Waals surface area contributed by atoms with Gasteiger partial charge in [-0.2, -0.15) is 52.7 Å². The van der Waals surface area contributed by atoms with Crippen LogP contribution < -0.4 is 21.3 Å². The number of hydrogen-bond acceptors (Lipinski definition) is 8. The average molecular weight is 987 g/mol. The largest absolute Gasteiger partial charge is 0.433 e. The lowest BCUT2D eigenvalue weighted by atomic mass is 9.79. The lowest BCUT2D eigenvalue weighted by Gasteiger charge is -2.32. The van der Waals surface area contributed by atoms with Crippen molar-refractivity contribution in [2.75, 3.05) is 36.0 Å². The third-order valence-corrected chi connectivity index (χ3v) is 12.3. The minimum atomic E-state index is -4.83. The summed E-state index contributed by atoms with van der Waals surface area (Å²) in [5.74, 6) is -0.950. The summed E-state index contributed by atoms with van der Waals surface area (Å²) in [4.78, 5) is 16.6. The van der Waals surface area contributed by atoms with Crippen molar-refractivity contribution in [1.29, 1.82) is 0 Å². The summed E-state index contributed by atoms with van der Waals surface area (Å²) in [6.07, 6.45) is -18.4. The number of halogens is 18. The van der Waals surface area contributed by atoms with Gasteiger partial charge in [0.2, 0.25) is 11.9 Å². The maximum atomic E-state index is 14.2. The van der Waals surface area contributed by atoms with Crippen molar-refractivity contribution in [3.63, 3.8) is 0 Å². The number of alkyl halides is 12. The van der Waals surface area contributed by atoms with Crippen LogP contribution in [0.25, 0.3) is 0 Å². The zero-order valence-corrected chi connectivity index (χ0v) is 34.3. The molecular formula is C34H26Cl6F12N8. The van der Waals surface area contributed by atoms with E-state index in [1.165, 1.54) is 0 Å². The maximum Gasteiger partial charge on any atom is 0.433 e. The van der Waals surface area contributed by atoms with Crippen molar-refractivity contribution in [3.8, 4) is 0 Å². The molecule has 0 spiro atoms. The number of anilines is 2. The smallest absolute Gasteiger partial charge is 0.340 e. The summed E-state index contributed by atoms with van der Waals surface area (Å²) in [5, 5.41) is -0.837. The van der Waals surface area contributed by atoms with Crippen molar-refractivity contribution >= 4 is 81.5 Å². The van der Waals surface area contributed by atoms with Crippen LogP contribution in [-0.2, 0) is 36.3 Å². The van der Waals surface area contributed by atoms with E-state index in [2.05, 4.69) is 19.9 Å². The Morgan fingerprint density at radius 2 is 0.833 bits per heavy atom. The van der Waals surface area contributed by atoms with Gasteiger partial charge in [-0.25, -0.2) is 19.9 Å². The van der Waals surface area contributed by atoms with Crippen LogP contribution in [0.5, 0.6) is 0 Å². The summed E-state index contributed by atoms with van der Waals surface area (Å²) < 4.78 is 164. The van der Waals surface area contributed by atoms with Gasteiger partial charge >= 0.3 is 24.7 Å². The van der Waals surface area contributed by atoms with Gasteiger partial charge in [0.05, 0.1) is 30.1 Å². The van der Waals surface area contributed by atoms with E-state index in [9.17, 15) is 52.7 Å². The fraction of sp³-hybridized carbons (Fsp3) is 0.412. The van der Waals surface area contributed by atoms with Gasteiger partial charge < -0.3 is 21.3 Å². The molecule has 4 heterocycles. The Balaban J connectivity index is 0.000000228. The Morgan fingerprint density at radius 1 is 0.533 bits per heavy atom. The zero-order chi connectivity index (χ0) is 45.0. The fourth-order valence-corrected chi connectivity index (χ4v) is 7.97. The Bertz CT molecular complexity index is 2040. The Hall–Kier alpha value is -2.98. The first-order valence-electron chi connectivity index (χ1n) is 16.8. The molecule has 2 fully saturated rings. The number of hydrogen-bond donors (Lipinski definition) is 2. The minimum absolute atomic E-state index is 0.0928. The summed E-state index contributed by atoms with van der Waals surface area (Å²) in [7, 11) is 0. The fourth-order valence-electron chi connectivity index (χ4n) is 6.78. The average Bonchev–Trinajstić information content (AvgIpc) is 3.83. The van der Waals surface area contributed by atoms with Gasteiger partial charge in [-0.3, -0.25) is 0 Å². The van der Waals surface area contributed by atoms with E-state index in [-0.39, 0.29) is 65.5 Å². The third kappa shape index (κ3) is 9.35. The van der Waals surface area contributed by atoms with Crippen molar-refractivity contribution < 1.29 is 52.7 Å². The Labute approximate surface area is 362 Å². The molecule has 0 amide bonds. The highest BCUT2D eigenvalue weighted by Crippen LogP contribution is 2.52. The molecule has 2 unspecified atom stereocenters. The van der Waals surface area contributed by atoms with Gasteiger partial charge in [-0.1, -0.05) is 69.6 Å². The molecule has 60 heavy (non-hydrogen) atoms. The highest BCUT2D eigenvalue weighted by atomic mass is 35.5. The molecule has 2 saturated heterocycles. The number of benzene rings is 2. The minimum Gasteiger partial charge on any atom is -0.340 e. The molecule has 4 aromatic rings. The molecule has 2 aromatic heterocycles. The molecule has 0 aliphatic carbocycles. The van der Waals surface area contributed by atoms with E-state index in [1.54, 1.807) is 0 Å². The SMILES string of the molecule is NCc1cnc(N2CCC(c3cc(Cl)c(Cl)c(Cl)c3)(C(F)(F)F)C2)nc1C(F)(F)F.NCc1cnc(N2CCC(c3cc(Cl)c(Cl)c(Cl)c3)(C(F)(F)F)C2)nc1C(F)(F)F. The van der Waals surface area contributed by atoms with Crippen molar-refractivity contribution in [2.24, 2.45) is 11.5 Å². The maximum absolute atomic E-state index is 14.2. The number of rotatable bonds is 6. The van der Waals surface area contributed by atoms with Crippen LogP contribution in [0.2, 0.25) is 30.1 Å². The standard InChI is InChI=1S/2C17H13Cl3F6N4/c2*18-10-3-9(4-11(19)12(10)20)15(17(24,25)26)1-2-30(7-15)14-28-6-8(5-27)13(29-14)16(21,22)23/h2*3-4,6H,1-2,5,7,27H2. The van der Waals surface area contributed by atoms with E-state index in [4.69, 9.17) is 81.1 Å². The molecule has 328 valence electrons. The lowest BCUT2D eigenvalue weighted by Crippen LogP contribution is -2.45. The molecule has 2 atom stereocenters. The highest BCUT2D eigenvalue weighted by molar-refractivity contribution is 6.48. The second-order valence-electron chi connectivity index (χ2n) is 13.5. The number of nitrogens with two attached hydrogens (primary N) is 2. The molecule has 6 rings (SSSR count). The van der Waals surface area contributed by atoms with Crippen molar-refractivity contribution in [3.05, 3.63) is 100 Å². The predicted octanol–water partition coefficient (Wildman–Crippen LogP) is 11.2. The van der Waals surface area contributed by atoms with Gasteiger partial charge in [0.25, 0.3) is 0 Å². The van der Waals surface area contributed by atoms with Crippen LogP contribution in [0.3, 0.4) is 0 Å². The summed E-state index contributed by atoms with van der Waals surface area (Å²) in [6, 6.07) is 4.25. The molecule has 0 saturated carbocycles. The van der Waals surface area contributed by atoms with E-state index < -0.39 is 97.8 Å². The molecular weight excluding hydrogens is 961 g/mol. The molecule has 4 N–H and O–H groups in total. The molecule has 2 aliphatic heterocycles. The van der Waals surface area contributed by atoms with Gasteiger partial charge in [0, 0.05) is 62.8 Å². The highest BCUT2D eigenvalue weighted by Gasteiger charge is 2.61. The second kappa shape index (κ2) is 17.3. The monoisotopic (exact) mass is 984 g/mol. The van der Waals surface area contributed by atoms with Gasteiger partial charge in [-0.05, 0) is 48.2 Å². The van der Waals surface area contributed by atoms with Crippen LogP contribution in [0.15, 0.2) is 36.7 Å². The van der Waals surface area contributed by atoms with E-state index >= 15 is 0 Å². The van der Waals surface area contributed by atoms with E-state index in [1.807, 2.05) is 0 Å². The summed E-state index contributed by atoms with van der Waals surface area (Å²) >= 11 is 35.3. The topological polar surface area (TPSA) is 110 Å². The molecule has 8 nitrogen and oxygen atoms in total. The Kier molecular flexibility index (Phi) is 13.9. The zero-order valence-electron chi connectivity index (χ0n) is 29.8. The first kappa shape index (κ1) is 48.1. The molecule has 26 heteroatoms. The van der Waals surface area contributed by atoms with Crippen molar-refractivity contribution in [1.82, 2.24) is 19.9 Å². The van der Waals surface area contributed by atoms with Gasteiger partial charge in [-0.15, -0.1) is 0 Å². The Morgan fingerprint density at radius 3 is 1.08 bits per heavy atom. The molecule has 2 aliphatic rings. The predicted molar refractivity (Wildman–Crippen MR) is 202 cm³/mol. The first-order valence-corrected chi connectivity index (χ1v) is 19.1. The van der Waals surface area contributed by atoms with Crippen molar-refractivity contribution in [2.45, 2.75) is 61.5 Å². The van der Waals surface area contributed by atoms with Crippen LogP contribution >= 0.6 is 69.6 Å². The van der Waals surface area contributed by atoms with Gasteiger partial charge in [0.15, 0.2) is 11.4 Å². The van der Waals surface area contributed by atoms with Crippen LogP contribution in [0.4, 0.5) is 64.6 Å². The summed E-state index contributed by atoms with van der Waals surface area (Å²) in [5.41, 5.74) is 1.92. The van der Waals surface area contributed by atoms with Crippen LogP contribution in [-0.4, -0.2) is 58.5 Å². The first-order chi connectivity index (χ1) is 27.6. The third-order valence-electron chi connectivity index (χ3n) is 9.94. The normalized spacial score (nSPS) is 20.1. The molecule has 2 aromatic carbocycles. The van der Waals surface area contributed by atoms with E-state index in [0.29, 0.717) is 0 Å². The van der Waals surface area contributed by atoms with Crippen LogP contribution in [0.1, 0.15) is 46.5 Å². The number of nitrogens with zero attached hydrogens (tertiary/aromatic N) is 6. The quantitative estimate of drug-likeness (QED) is 0.145. The number of aromatic nitrogens is 4. The van der Waals surface area contributed by atoms with E-state index in [0.717, 1.165) is 46.5 Å². The molecule has 0 bridgehead atoms. The second-order valence-corrected chi connectivity index (χ2v) is 15.9. The lowest BCUT2D eigenvalue weighted by molar-refractivity contribution is -0.185. The van der Waals surface area contributed by atoms with Gasteiger partial charge in [0.1, 0.15) is 10.8 Å².